The lowest BCUT2D eigenvalue weighted by Gasteiger charge is -2.30. The van der Waals surface area contributed by atoms with E-state index >= 15 is 0 Å². The molecule has 1 fully saturated rings. The molecule has 0 saturated carbocycles. The predicted molar refractivity (Wildman–Crippen MR) is 101 cm³/mol. The summed E-state index contributed by atoms with van der Waals surface area (Å²) in [5.74, 6) is 1.07. The smallest absolute Gasteiger partial charge is 0.344 e. The molecule has 0 N–H and O–H groups in total. The molecule has 1 heterocycles. The maximum atomic E-state index is 12.0. The Balaban J connectivity index is 1.39. The number of para-hydroxylation sites is 1. The maximum Gasteiger partial charge on any atom is 0.344 e. The Bertz CT molecular complexity index is 777. The summed E-state index contributed by atoms with van der Waals surface area (Å²) in [7, 11) is 0. The number of esters is 1. The third kappa shape index (κ3) is 5.99. The second-order valence-corrected chi connectivity index (χ2v) is 6.36. The van der Waals surface area contributed by atoms with Gasteiger partial charge in [0, 0.05) is 13.1 Å². The molecule has 1 unspecified atom stereocenters. The molecule has 1 saturated heterocycles. The Morgan fingerprint density at radius 1 is 1.00 bits per heavy atom. The number of carbonyl (C=O) groups excluding carboxylic acids is 2. The number of morpholine rings is 1. The molecule has 2 aromatic carbocycles. The van der Waals surface area contributed by atoms with Crippen molar-refractivity contribution in [2.45, 2.75) is 13.0 Å². The minimum absolute atomic E-state index is 0.00873. The highest BCUT2D eigenvalue weighted by molar-refractivity contribution is 5.81. The number of rotatable bonds is 7. The standard InChI is InChI=1S/C21H23NO6/c1-16-13-22(11-12-25-16)20(23)14-27-21(24)15-26-17-7-9-19(10-8-17)28-18-5-3-2-4-6-18/h2-10,16H,11-15H2,1H3. The molecular formula is C21H23NO6. The van der Waals surface area contributed by atoms with Crippen LogP contribution in [0.2, 0.25) is 0 Å². The number of ether oxygens (including phenoxy) is 4. The van der Waals surface area contributed by atoms with Crippen molar-refractivity contribution in [2.24, 2.45) is 0 Å². The monoisotopic (exact) mass is 385 g/mol. The Kier molecular flexibility index (Phi) is 6.86. The van der Waals surface area contributed by atoms with Gasteiger partial charge in [0.25, 0.3) is 5.91 Å². The third-order valence-electron chi connectivity index (χ3n) is 4.11. The van der Waals surface area contributed by atoms with Gasteiger partial charge in [0.15, 0.2) is 13.2 Å². The normalized spacial score (nSPS) is 16.3. The third-order valence-corrected chi connectivity index (χ3v) is 4.11. The first-order valence-corrected chi connectivity index (χ1v) is 9.11. The Hall–Kier alpha value is -3.06. The number of hydrogen-bond donors (Lipinski definition) is 0. The first kappa shape index (κ1) is 19.7. The van der Waals surface area contributed by atoms with Crippen molar-refractivity contribution >= 4 is 11.9 Å². The van der Waals surface area contributed by atoms with Crippen molar-refractivity contribution in [2.75, 3.05) is 32.9 Å². The van der Waals surface area contributed by atoms with Gasteiger partial charge in [-0.05, 0) is 43.3 Å². The van der Waals surface area contributed by atoms with Crippen molar-refractivity contribution in [3.8, 4) is 17.2 Å². The Morgan fingerprint density at radius 2 is 1.68 bits per heavy atom. The quantitative estimate of drug-likeness (QED) is 0.682. The lowest BCUT2D eigenvalue weighted by Crippen LogP contribution is -2.46. The molecule has 1 amide bonds. The van der Waals surface area contributed by atoms with Crippen LogP contribution in [0, 0.1) is 0 Å². The molecule has 2 aromatic rings. The van der Waals surface area contributed by atoms with Crippen LogP contribution < -0.4 is 9.47 Å². The number of nitrogens with zero attached hydrogens (tertiary/aromatic N) is 1. The fourth-order valence-corrected chi connectivity index (χ4v) is 2.69. The second-order valence-electron chi connectivity index (χ2n) is 6.36. The lowest BCUT2D eigenvalue weighted by atomic mass is 10.3. The molecule has 0 bridgehead atoms. The van der Waals surface area contributed by atoms with E-state index in [0.717, 1.165) is 5.75 Å². The Morgan fingerprint density at radius 3 is 2.39 bits per heavy atom. The lowest BCUT2D eigenvalue weighted by molar-refractivity contribution is -0.156. The summed E-state index contributed by atoms with van der Waals surface area (Å²) < 4.78 is 21.5. The number of carbonyl (C=O) groups is 2. The van der Waals surface area contributed by atoms with Gasteiger partial charge in [0.1, 0.15) is 17.2 Å². The molecular weight excluding hydrogens is 362 g/mol. The fraction of sp³-hybridized carbons (Fsp3) is 0.333. The summed E-state index contributed by atoms with van der Waals surface area (Å²) in [6, 6.07) is 16.3. The van der Waals surface area contributed by atoms with E-state index in [0.29, 0.717) is 31.2 Å². The topological polar surface area (TPSA) is 74.3 Å². The van der Waals surface area contributed by atoms with E-state index in [1.54, 1.807) is 29.2 Å². The highest BCUT2D eigenvalue weighted by atomic mass is 16.6. The van der Waals surface area contributed by atoms with Crippen molar-refractivity contribution in [1.29, 1.82) is 0 Å². The summed E-state index contributed by atoms with van der Waals surface area (Å²) in [5.41, 5.74) is 0. The molecule has 148 valence electrons. The van der Waals surface area contributed by atoms with Crippen LogP contribution in [0.5, 0.6) is 17.2 Å². The molecule has 0 aliphatic carbocycles. The van der Waals surface area contributed by atoms with Crippen LogP contribution >= 0.6 is 0 Å². The second kappa shape index (κ2) is 9.75. The van der Waals surface area contributed by atoms with Gasteiger partial charge in [-0.1, -0.05) is 18.2 Å². The van der Waals surface area contributed by atoms with Gasteiger partial charge in [0.2, 0.25) is 0 Å². The van der Waals surface area contributed by atoms with E-state index < -0.39 is 5.97 Å². The van der Waals surface area contributed by atoms with Gasteiger partial charge < -0.3 is 23.8 Å². The van der Waals surface area contributed by atoms with E-state index in [4.69, 9.17) is 18.9 Å². The van der Waals surface area contributed by atoms with Crippen molar-refractivity contribution in [3.05, 3.63) is 54.6 Å². The zero-order valence-corrected chi connectivity index (χ0v) is 15.7. The largest absolute Gasteiger partial charge is 0.482 e. The van der Waals surface area contributed by atoms with E-state index in [1.807, 2.05) is 37.3 Å². The van der Waals surface area contributed by atoms with E-state index in [1.165, 1.54) is 0 Å². The van der Waals surface area contributed by atoms with Crippen molar-refractivity contribution in [1.82, 2.24) is 4.90 Å². The van der Waals surface area contributed by atoms with Gasteiger partial charge in [-0.15, -0.1) is 0 Å². The molecule has 0 radical (unpaired) electrons. The SMILES string of the molecule is CC1CN(C(=O)COC(=O)COc2ccc(Oc3ccccc3)cc2)CCO1. The average molecular weight is 385 g/mol. The molecule has 0 spiro atoms. The zero-order valence-electron chi connectivity index (χ0n) is 15.7. The summed E-state index contributed by atoms with van der Waals surface area (Å²) in [6.07, 6.45) is -0.00873. The maximum absolute atomic E-state index is 12.0. The first-order chi connectivity index (χ1) is 13.6. The molecule has 7 nitrogen and oxygen atoms in total. The summed E-state index contributed by atoms with van der Waals surface area (Å²) in [4.78, 5) is 25.5. The van der Waals surface area contributed by atoms with Crippen LogP contribution in [0.15, 0.2) is 54.6 Å². The van der Waals surface area contributed by atoms with Gasteiger partial charge in [-0.25, -0.2) is 4.79 Å². The van der Waals surface area contributed by atoms with E-state index in [2.05, 4.69) is 0 Å². The molecule has 7 heteroatoms. The average Bonchev–Trinajstić information content (AvgIpc) is 2.72. The highest BCUT2D eigenvalue weighted by Gasteiger charge is 2.22. The predicted octanol–water partition coefficient (Wildman–Crippen LogP) is 2.65. The zero-order chi connectivity index (χ0) is 19.8. The fourth-order valence-electron chi connectivity index (χ4n) is 2.69. The van der Waals surface area contributed by atoms with Gasteiger partial charge in [-0.2, -0.15) is 0 Å². The molecule has 1 aliphatic heterocycles. The summed E-state index contributed by atoms with van der Waals surface area (Å²) in [6.45, 7) is 2.84. The van der Waals surface area contributed by atoms with Crippen molar-refractivity contribution in [3.63, 3.8) is 0 Å². The van der Waals surface area contributed by atoms with E-state index in [9.17, 15) is 9.59 Å². The van der Waals surface area contributed by atoms with Gasteiger partial charge in [0.05, 0.1) is 12.7 Å². The molecule has 28 heavy (non-hydrogen) atoms. The molecule has 1 atom stereocenters. The van der Waals surface area contributed by atoms with E-state index in [-0.39, 0.29) is 25.2 Å². The summed E-state index contributed by atoms with van der Waals surface area (Å²) >= 11 is 0. The number of benzene rings is 2. The van der Waals surface area contributed by atoms with Crippen LogP contribution in [0.1, 0.15) is 6.92 Å². The first-order valence-electron chi connectivity index (χ1n) is 9.11. The van der Waals surface area contributed by atoms with Crippen LogP contribution in [-0.4, -0.2) is 55.8 Å². The van der Waals surface area contributed by atoms with Gasteiger partial charge >= 0.3 is 5.97 Å². The highest BCUT2D eigenvalue weighted by Crippen LogP contribution is 2.23. The number of amides is 1. The van der Waals surface area contributed by atoms with Gasteiger partial charge in [-0.3, -0.25) is 4.79 Å². The van der Waals surface area contributed by atoms with Crippen LogP contribution in [0.25, 0.3) is 0 Å². The molecule has 1 aliphatic rings. The minimum atomic E-state index is -0.598. The minimum Gasteiger partial charge on any atom is -0.482 e. The van der Waals surface area contributed by atoms with Crippen LogP contribution in [0.4, 0.5) is 0 Å². The Labute approximate surface area is 163 Å². The number of hydrogen-bond acceptors (Lipinski definition) is 6. The van der Waals surface area contributed by atoms with Crippen LogP contribution in [-0.2, 0) is 19.1 Å². The molecule has 3 rings (SSSR count). The summed E-state index contributed by atoms with van der Waals surface area (Å²) in [5, 5.41) is 0. The molecule has 0 aromatic heterocycles. The van der Waals surface area contributed by atoms with Crippen LogP contribution in [0.3, 0.4) is 0 Å². The van der Waals surface area contributed by atoms with Crippen molar-refractivity contribution < 1.29 is 28.5 Å².